The summed E-state index contributed by atoms with van der Waals surface area (Å²) in [5.74, 6) is 1.01. The monoisotopic (exact) mass is 397 g/mol. The first kappa shape index (κ1) is 17.2. The third kappa shape index (κ3) is 2.62. The number of pyridine rings is 1. The molecule has 6 rings (SSSR count). The maximum atomic E-state index is 4.97. The molecule has 0 spiro atoms. The molecule has 144 valence electrons. The van der Waals surface area contributed by atoms with Gasteiger partial charge in [0, 0.05) is 33.3 Å². The predicted octanol–water partition coefficient (Wildman–Crippen LogP) is 6.93. The minimum Gasteiger partial charge on any atom is -0.321 e. The van der Waals surface area contributed by atoms with Crippen LogP contribution in [0.4, 0.5) is 0 Å². The molecule has 3 aromatic heterocycles. The molecule has 4 heteroatoms. The Bertz CT molecular complexity index is 1390. The van der Waals surface area contributed by atoms with Crippen LogP contribution in [0, 0.1) is 0 Å². The fourth-order valence-corrected chi connectivity index (χ4v) is 5.85. The molecule has 3 nitrogen and oxygen atoms in total. The second-order valence-corrected chi connectivity index (χ2v) is 9.42. The number of fused-ring (bicyclic) bond motifs is 5. The van der Waals surface area contributed by atoms with Crippen LogP contribution < -0.4 is 0 Å². The second-order valence-electron chi connectivity index (χ2n) is 8.39. The summed E-state index contributed by atoms with van der Waals surface area (Å²) in [6.45, 7) is 4.44. The zero-order valence-electron chi connectivity index (χ0n) is 16.8. The van der Waals surface area contributed by atoms with Crippen LogP contribution in [-0.4, -0.2) is 14.5 Å². The number of hydrogen-bond donors (Lipinski definition) is 0. The molecule has 5 aromatic rings. The molecule has 0 fully saturated rings. The summed E-state index contributed by atoms with van der Waals surface area (Å²) in [5, 5.41) is 2.62. The molecule has 3 heterocycles. The molecule has 0 bridgehead atoms. The van der Waals surface area contributed by atoms with E-state index < -0.39 is 0 Å². The normalized spacial score (nSPS) is 14.3. The Kier molecular flexibility index (Phi) is 3.78. The van der Waals surface area contributed by atoms with E-state index in [1.165, 1.54) is 57.8 Å². The third-order valence-corrected chi connectivity index (χ3v) is 7.24. The van der Waals surface area contributed by atoms with Gasteiger partial charge < -0.3 is 4.57 Å². The van der Waals surface area contributed by atoms with Crippen LogP contribution in [0.15, 0.2) is 48.7 Å². The molecular formula is C25H23N3S. The summed E-state index contributed by atoms with van der Waals surface area (Å²) in [6, 6.07) is 15.9. The largest absolute Gasteiger partial charge is 0.321 e. The Morgan fingerprint density at radius 3 is 2.59 bits per heavy atom. The lowest BCUT2D eigenvalue weighted by Gasteiger charge is -2.15. The zero-order chi connectivity index (χ0) is 19.5. The van der Waals surface area contributed by atoms with Crippen LogP contribution >= 0.6 is 11.3 Å². The van der Waals surface area contributed by atoms with Gasteiger partial charge in [-0.1, -0.05) is 12.1 Å². The van der Waals surface area contributed by atoms with Gasteiger partial charge in [-0.25, -0.2) is 9.97 Å². The van der Waals surface area contributed by atoms with Crippen LogP contribution in [0.5, 0.6) is 0 Å². The van der Waals surface area contributed by atoms with Crippen molar-refractivity contribution >= 4 is 42.7 Å². The van der Waals surface area contributed by atoms with Gasteiger partial charge in [-0.2, -0.15) is 0 Å². The number of benzene rings is 2. The summed E-state index contributed by atoms with van der Waals surface area (Å²) < 4.78 is 3.69. The summed E-state index contributed by atoms with van der Waals surface area (Å²) in [6.07, 6.45) is 7.05. The minimum atomic E-state index is 0.333. The molecule has 0 saturated heterocycles. The highest BCUT2D eigenvalue weighted by atomic mass is 32.1. The van der Waals surface area contributed by atoms with E-state index in [1.54, 1.807) is 0 Å². The molecule has 0 saturated carbocycles. The topological polar surface area (TPSA) is 30.7 Å². The smallest absolute Gasteiger partial charge is 0.142 e. The van der Waals surface area contributed by atoms with E-state index in [2.05, 4.69) is 60.9 Å². The van der Waals surface area contributed by atoms with E-state index in [1.807, 2.05) is 17.5 Å². The third-order valence-electron chi connectivity index (χ3n) is 6.16. The molecule has 1 aliphatic rings. The number of hydrogen-bond acceptors (Lipinski definition) is 3. The van der Waals surface area contributed by atoms with Crippen molar-refractivity contribution in [1.82, 2.24) is 14.5 Å². The van der Waals surface area contributed by atoms with Crippen molar-refractivity contribution in [2.45, 2.75) is 45.6 Å². The van der Waals surface area contributed by atoms with Gasteiger partial charge in [-0.3, -0.25) is 0 Å². The average Bonchev–Trinajstić information content (AvgIpc) is 3.29. The zero-order valence-corrected chi connectivity index (χ0v) is 17.6. The van der Waals surface area contributed by atoms with Crippen LogP contribution in [0.2, 0.25) is 0 Å². The van der Waals surface area contributed by atoms with Crippen molar-refractivity contribution in [1.29, 1.82) is 0 Å². The van der Waals surface area contributed by atoms with E-state index >= 15 is 0 Å². The number of aryl methyl sites for hydroxylation is 2. The molecule has 0 radical (unpaired) electrons. The molecule has 0 amide bonds. The predicted molar refractivity (Wildman–Crippen MR) is 123 cm³/mol. The second kappa shape index (κ2) is 6.39. The number of thiophene rings is 1. The summed E-state index contributed by atoms with van der Waals surface area (Å²) >= 11 is 1.82. The molecule has 2 aromatic carbocycles. The quantitative estimate of drug-likeness (QED) is 0.323. The first-order valence-corrected chi connectivity index (χ1v) is 11.3. The first-order valence-electron chi connectivity index (χ1n) is 10.5. The van der Waals surface area contributed by atoms with Crippen molar-refractivity contribution in [3.05, 3.63) is 59.8 Å². The van der Waals surface area contributed by atoms with Crippen molar-refractivity contribution < 1.29 is 0 Å². The Morgan fingerprint density at radius 1 is 0.966 bits per heavy atom. The van der Waals surface area contributed by atoms with Crippen molar-refractivity contribution in [2.24, 2.45) is 0 Å². The maximum Gasteiger partial charge on any atom is 0.142 e. The lowest BCUT2D eigenvalue weighted by Crippen LogP contribution is -2.03. The fraction of sp³-hybridized carbons (Fsp3) is 0.280. The Labute approximate surface area is 174 Å². The SMILES string of the molecule is CC(C)n1c(-c2cnc3sc4cc5c(cc4c3c2)CCCC5)nc2ccccc21. The van der Waals surface area contributed by atoms with Gasteiger partial charge in [0.15, 0.2) is 0 Å². The minimum absolute atomic E-state index is 0.333. The van der Waals surface area contributed by atoms with Crippen molar-refractivity contribution in [2.75, 3.05) is 0 Å². The standard InChI is InChI=1S/C25H23N3S/c1-15(2)28-22-10-6-5-9-21(22)27-24(28)18-12-20-19-11-16-7-3-4-8-17(16)13-23(19)29-25(20)26-14-18/h5-6,9-15H,3-4,7-8H2,1-2H3. The van der Waals surface area contributed by atoms with E-state index in [-0.39, 0.29) is 0 Å². The molecule has 1 aliphatic carbocycles. The van der Waals surface area contributed by atoms with E-state index in [9.17, 15) is 0 Å². The van der Waals surface area contributed by atoms with Gasteiger partial charge in [0.25, 0.3) is 0 Å². The Balaban J connectivity index is 1.60. The Hall–Kier alpha value is -2.72. The van der Waals surface area contributed by atoms with Gasteiger partial charge in [-0.05, 0) is 81.0 Å². The van der Waals surface area contributed by atoms with Gasteiger partial charge in [0.1, 0.15) is 10.7 Å². The Morgan fingerprint density at radius 2 is 1.76 bits per heavy atom. The van der Waals surface area contributed by atoms with Crippen LogP contribution in [0.1, 0.15) is 43.9 Å². The lowest BCUT2D eigenvalue weighted by atomic mass is 9.90. The average molecular weight is 398 g/mol. The van der Waals surface area contributed by atoms with Crippen molar-refractivity contribution in [3.8, 4) is 11.4 Å². The number of imidazole rings is 1. The van der Waals surface area contributed by atoms with E-state index in [0.717, 1.165) is 21.7 Å². The van der Waals surface area contributed by atoms with Gasteiger partial charge >= 0.3 is 0 Å². The first-order chi connectivity index (χ1) is 14.2. The highest BCUT2D eigenvalue weighted by Crippen LogP contribution is 2.38. The van der Waals surface area contributed by atoms with Gasteiger partial charge in [-0.15, -0.1) is 11.3 Å². The molecule has 0 atom stereocenters. The molecule has 0 N–H and O–H groups in total. The molecule has 29 heavy (non-hydrogen) atoms. The summed E-state index contributed by atoms with van der Waals surface area (Å²) in [5.41, 5.74) is 6.39. The number of aromatic nitrogens is 3. The summed E-state index contributed by atoms with van der Waals surface area (Å²) in [4.78, 5) is 11.0. The van der Waals surface area contributed by atoms with Crippen LogP contribution in [-0.2, 0) is 12.8 Å². The van der Waals surface area contributed by atoms with Crippen LogP contribution in [0.3, 0.4) is 0 Å². The van der Waals surface area contributed by atoms with Crippen LogP contribution in [0.25, 0.3) is 42.7 Å². The fourth-order valence-electron chi connectivity index (χ4n) is 4.78. The van der Waals surface area contributed by atoms with E-state index in [0.29, 0.717) is 6.04 Å². The number of nitrogens with zero attached hydrogens (tertiary/aromatic N) is 3. The van der Waals surface area contributed by atoms with Gasteiger partial charge in [0.2, 0.25) is 0 Å². The highest BCUT2D eigenvalue weighted by Gasteiger charge is 2.18. The number of para-hydroxylation sites is 2. The van der Waals surface area contributed by atoms with Crippen molar-refractivity contribution in [3.63, 3.8) is 0 Å². The van der Waals surface area contributed by atoms with Gasteiger partial charge in [0.05, 0.1) is 11.0 Å². The summed E-state index contributed by atoms with van der Waals surface area (Å²) in [7, 11) is 0. The maximum absolute atomic E-state index is 4.97. The van der Waals surface area contributed by atoms with E-state index in [4.69, 9.17) is 9.97 Å². The molecule has 0 aliphatic heterocycles. The highest BCUT2D eigenvalue weighted by molar-refractivity contribution is 7.25. The molecular weight excluding hydrogens is 374 g/mol. The lowest BCUT2D eigenvalue weighted by molar-refractivity contribution is 0.624. The molecule has 0 unspecified atom stereocenters. The number of rotatable bonds is 2.